The lowest BCUT2D eigenvalue weighted by Gasteiger charge is -2.12. The van der Waals surface area contributed by atoms with E-state index in [9.17, 15) is 5.11 Å². The Hall–Kier alpha value is -0.900. The molecule has 0 unspecified atom stereocenters. The first kappa shape index (κ1) is 12.2. The van der Waals surface area contributed by atoms with Crippen LogP contribution in [0.1, 0.15) is 25.3 Å². The SMILES string of the molecule is CCCCc1c(N)cc(OC)c(O)c1Br. The molecule has 0 amide bonds. The fourth-order valence-corrected chi connectivity index (χ4v) is 2.06. The van der Waals surface area contributed by atoms with Crippen LogP contribution in [0.15, 0.2) is 10.5 Å². The fraction of sp³-hybridized carbons (Fsp3) is 0.455. The van der Waals surface area contributed by atoms with E-state index in [1.807, 2.05) is 0 Å². The number of halogens is 1. The highest BCUT2D eigenvalue weighted by atomic mass is 79.9. The Kier molecular flexibility index (Phi) is 4.27. The van der Waals surface area contributed by atoms with Gasteiger partial charge in [0.25, 0.3) is 0 Å². The number of ether oxygens (including phenoxy) is 1. The van der Waals surface area contributed by atoms with E-state index < -0.39 is 0 Å². The van der Waals surface area contributed by atoms with E-state index >= 15 is 0 Å². The number of hydrogen-bond acceptors (Lipinski definition) is 3. The summed E-state index contributed by atoms with van der Waals surface area (Å²) in [5, 5.41) is 9.77. The maximum absolute atomic E-state index is 9.77. The van der Waals surface area contributed by atoms with Crippen LogP contribution >= 0.6 is 15.9 Å². The second kappa shape index (κ2) is 5.26. The van der Waals surface area contributed by atoms with Crippen LogP contribution < -0.4 is 10.5 Å². The monoisotopic (exact) mass is 273 g/mol. The smallest absolute Gasteiger partial charge is 0.172 e. The number of unbranched alkanes of at least 4 members (excludes halogenated alkanes) is 1. The Morgan fingerprint density at radius 1 is 1.53 bits per heavy atom. The number of rotatable bonds is 4. The Bertz CT molecular complexity index is 353. The fourth-order valence-electron chi connectivity index (χ4n) is 1.44. The van der Waals surface area contributed by atoms with Crippen LogP contribution in [0.4, 0.5) is 5.69 Å². The van der Waals surface area contributed by atoms with Crippen molar-refractivity contribution in [3.63, 3.8) is 0 Å². The third-order valence-electron chi connectivity index (χ3n) is 2.34. The first-order valence-electron chi connectivity index (χ1n) is 4.95. The summed E-state index contributed by atoms with van der Waals surface area (Å²) in [7, 11) is 1.51. The van der Waals surface area contributed by atoms with E-state index in [0.29, 0.717) is 15.9 Å². The molecule has 0 heterocycles. The number of nitrogens with two attached hydrogens (primary N) is 1. The standard InChI is InChI=1S/C11H16BrNO2/c1-3-4-5-7-8(13)6-9(15-2)11(14)10(7)12/h6,14H,3-5,13H2,1-2H3. The average Bonchev–Trinajstić information content (AvgIpc) is 2.23. The van der Waals surface area contributed by atoms with E-state index in [1.54, 1.807) is 6.07 Å². The Morgan fingerprint density at radius 3 is 2.73 bits per heavy atom. The van der Waals surface area contributed by atoms with E-state index in [4.69, 9.17) is 10.5 Å². The molecular weight excluding hydrogens is 258 g/mol. The molecule has 0 saturated heterocycles. The van der Waals surface area contributed by atoms with Crippen LogP contribution in [0, 0.1) is 0 Å². The van der Waals surface area contributed by atoms with Crippen molar-refractivity contribution in [1.29, 1.82) is 0 Å². The summed E-state index contributed by atoms with van der Waals surface area (Å²) in [4.78, 5) is 0. The summed E-state index contributed by atoms with van der Waals surface area (Å²) in [6, 6.07) is 1.66. The van der Waals surface area contributed by atoms with Gasteiger partial charge < -0.3 is 15.6 Å². The number of anilines is 1. The van der Waals surface area contributed by atoms with Crippen molar-refractivity contribution in [2.75, 3.05) is 12.8 Å². The Morgan fingerprint density at radius 2 is 2.20 bits per heavy atom. The minimum absolute atomic E-state index is 0.123. The zero-order valence-electron chi connectivity index (χ0n) is 9.01. The van der Waals surface area contributed by atoms with Crippen molar-refractivity contribution in [3.8, 4) is 11.5 Å². The number of aromatic hydroxyl groups is 1. The molecule has 3 N–H and O–H groups in total. The third kappa shape index (κ3) is 2.56. The van der Waals surface area contributed by atoms with Crippen molar-refractivity contribution >= 4 is 21.6 Å². The lowest BCUT2D eigenvalue weighted by Crippen LogP contribution is -1.98. The van der Waals surface area contributed by atoms with Gasteiger partial charge in [-0.15, -0.1) is 0 Å². The highest BCUT2D eigenvalue weighted by Crippen LogP contribution is 2.40. The summed E-state index contributed by atoms with van der Waals surface area (Å²) in [6.07, 6.45) is 3.01. The number of benzene rings is 1. The molecule has 1 aromatic carbocycles. The number of hydrogen-bond donors (Lipinski definition) is 2. The average molecular weight is 274 g/mol. The van der Waals surface area contributed by atoms with Gasteiger partial charge in [-0.05, 0) is 34.3 Å². The molecule has 0 spiro atoms. The second-order valence-corrected chi connectivity index (χ2v) is 4.21. The predicted octanol–water partition coefficient (Wildman–Crippen LogP) is 3.09. The van der Waals surface area contributed by atoms with E-state index in [0.717, 1.165) is 24.8 Å². The predicted molar refractivity (Wildman–Crippen MR) is 65.4 cm³/mol. The Balaban J connectivity index is 3.11. The maximum atomic E-state index is 9.77. The molecule has 84 valence electrons. The highest BCUT2D eigenvalue weighted by Gasteiger charge is 2.14. The quantitative estimate of drug-likeness (QED) is 0.655. The maximum Gasteiger partial charge on any atom is 0.172 e. The van der Waals surface area contributed by atoms with E-state index in [-0.39, 0.29) is 5.75 Å². The lowest BCUT2D eigenvalue weighted by atomic mass is 10.1. The molecule has 0 radical (unpaired) electrons. The molecule has 0 aliphatic carbocycles. The molecule has 1 rings (SSSR count). The summed E-state index contributed by atoms with van der Waals surface area (Å²) in [5.41, 5.74) is 7.50. The molecule has 3 nitrogen and oxygen atoms in total. The van der Waals surface area contributed by atoms with Gasteiger partial charge in [0, 0.05) is 11.8 Å². The highest BCUT2D eigenvalue weighted by molar-refractivity contribution is 9.10. The topological polar surface area (TPSA) is 55.5 Å². The molecule has 0 aromatic heterocycles. The van der Waals surface area contributed by atoms with Gasteiger partial charge in [-0.2, -0.15) is 0 Å². The molecule has 4 heteroatoms. The number of methoxy groups -OCH3 is 1. The third-order valence-corrected chi connectivity index (χ3v) is 3.20. The van der Waals surface area contributed by atoms with Gasteiger partial charge in [-0.25, -0.2) is 0 Å². The first-order chi connectivity index (χ1) is 7.11. The van der Waals surface area contributed by atoms with Gasteiger partial charge in [0.15, 0.2) is 11.5 Å². The number of nitrogen functional groups attached to an aromatic ring is 1. The zero-order valence-corrected chi connectivity index (χ0v) is 10.6. The van der Waals surface area contributed by atoms with Crippen molar-refractivity contribution in [1.82, 2.24) is 0 Å². The first-order valence-corrected chi connectivity index (χ1v) is 5.74. The lowest BCUT2D eigenvalue weighted by molar-refractivity contribution is 0.371. The van der Waals surface area contributed by atoms with Crippen LogP contribution in [0.2, 0.25) is 0 Å². The zero-order chi connectivity index (χ0) is 11.4. The summed E-state index contributed by atoms with van der Waals surface area (Å²) in [6.45, 7) is 2.12. The molecular formula is C11H16BrNO2. The van der Waals surface area contributed by atoms with Crippen LogP contribution in [0.5, 0.6) is 11.5 Å². The summed E-state index contributed by atoms with van der Waals surface area (Å²) < 4.78 is 5.65. The van der Waals surface area contributed by atoms with Gasteiger partial charge in [-0.3, -0.25) is 0 Å². The van der Waals surface area contributed by atoms with Crippen molar-refractivity contribution in [2.24, 2.45) is 0 Å². The van der Waals surface area contributed by atoms with Crippen molar-refractivity contribution < 1.29 is 9.84 Å². The number of phenols is 1. The van der Waals surface area contributed by atoms with Crippen LogP contribution in [-0.2, 0) is 6.42 Å². The van der Waals surface area contributed by atoms with Gasteiger partial charge >= 0.3 is 0 Å². The molecule has 0 saturated carbocycles. The minimum atomic E-state index is 0.123. The second-order valence-electron chi connectivity index (χ2n) is 3.41. The molecule has 1 aromatic rings. The van der Waals surface area contributed by atoms with E-state index in [1.165, 1.54) is 7.11 Å². The van der Waals surface area contributed by atoms with Crippen molar-refractivity contribution in [2.45, 2.75) is 26.2 Å². The van der Waals surface area contributed by atoms with Gasteiger partial charge in [-0.1, -0.05) is 13.3 Å². The Labute approximate surface area is 98.4 Å². The van der Waals surface area contributed by atoms with Gasteiger partial charge in [0.2, 0.25) is 0 Å². The van der Waals surface area contributed by atoms with Gasteiger partial charge in [0.1, 0.15) is 0 Å². The summed E-state index contributed by atoms with van der Waals surface area (Å²) >= 11 is 3.34. The van der Waals surface area contributed by atoms with Crippen molar-refractivity contribution in [3.05, 3.63) is 16.1 Å². The molecule has 15 heavy (non-hydrogen) atoms. The van der Waals surface area contributed by atoms with Gasteiger partial charge in [0.05, 0.1) is 11.6 Å². The largest absolute Gasteiger partial charge is 0.503 e. The molecule has 0 fully saturated rings. The van der Waals surface area contributed by atoms with Crippen LogP contribution in [0.3, 0.4) is 0 Å². The van der Waals surface area contributed by atoms with Crippen LogP contribution in [-0.4, -0.2) is 12.2 Å². The minimum Gasteiger partial charge on any atom is -0.503 e. The van der Waals surface area contributed by atoms with Crippen LogP contribution in [0.25, 0.3) is 0 Å². The normalized spacial score (nSPS) is 10.3. The van der Waals surface area contributed by atoms with E-state index in [2.05, 4.69) is 22.9 Å². The molecule has 0 aliphatic heterocycles. The summed E-state index contributed by atoms with van der Waals surface area (Å²) in [5.74, 6) is 0.525. The molecule has 0 atom stereocenters. The number of phenolic OH excluding ortho intramolecular Hbond substituents is 1. The molecule has 0 bridgehead atoms. The molecule has 0 aliphatic rings.